The minimum Gasteiger partial charge on any atom is -0.379 e. The smallest absolute Gasteiger partial charge is 0.122 e. The van der Waals surface area contributed by atoms with Crippen molar-refractivity contribution in [2.45, 2.75) is 19.5 Å². The van der Waals surface area contributed by atoms with Crippen molar-refractivity contribution in [3.63, 3.8) is 0 Å². The van der Waals surface area contributed by atoms with Crippen LogP contribution >= 0.6 is 11.3 Å². The number of thiazole rings is 1. The van der Waals surface area contributed by atoms with E-state index < -0.39 is 0 Å². The fourth-order valence-corrected chi connectivity index (χ4v) is 4.55. The predicted octanol–water partition coefficient (Wildman–Crippen LogP) is 1.60. The first-order valence-electron chi connectivity index (χ1n) is 8.60. The Morgan fingerprint density at radius 1 is 1.17 bits per heavy atom. The van der Waals surface area contributed by atoms with Crippen LogP contribution in [0.25, 0.3) is 0 Å². The van der Waals surface area contributed by atoms with E-state index in [2.05, 4.69) is 36.8 Å². The van der Waals surface area contributed by atoms with E-state index >= 15 is 0 Å². The molecule has 6 nitrogen and oxygen atoms in total. The highest BCUT2D eigenvalue weighted by molar-refractivity contribution is 7.09. The monoisotopic (exact) mass is 347 g/mol. The van der Waals surface area contributed by atoms with Crippen LogP contribution in [-0.4, -0.2) is 63.7 Å². The Morgan fingerprint density at radius 2 is 2.04 bits per heavy atom. The van der Waals surface area contributed by atoms with Gasteiger partial charge in [-0.25, -0.2) is 9.97 Å². The molecule has 2 aliphatic heterocycles. The number of nitrogens with zero attached hydrogens (tertiary/aromatic N) is 5. The van der Waals surface area contributed by atoms with E-state index in [-0.39, 0.29) is 5.41 Å². The predicted molar refractivity (Wildman–Crippen MR) is 93.7 cm³/mol. The van der Waals surface area contributed by atoms with Gasteiger partial charge in [0.05, 0.1) is 26.3 Å². The topological polar surface area (TPSA) is 46.4 Å². The highest BCUT2D eigenvalue weighted by atomic mass is 32.1. The standard InChI is InChI=1S/C17H25N5OS/c1-20-6-3-18-15(20)10-21-5-2-17(12-21)13-22(7-8-23-14-17)11-16-19-4-9-24-16/h3-4,6,9H,2,5,7-8,10-14H2,1H3. The number of aryl methyl sites for hydroxylation is 1. The van der Waals surface area contributed by atoms with Crippen LogP contribution in [0.4, 0.5) is 0 Å². The van der Waals surface area contributed by atoms with Crippen molar-refractivity contribution in [3.8, 4) is 0 Å². The first-order chi connectivity index (χ1) is 11.7. The van der Waals surface area contributed by atoms with E-state index in [1.54, 1.807) is 11.3 Å². The quantitative estimate of drug-likeness (QED) is 0.841. The normalized spacial score (nSPS) is 26.2. The molecule has 4 rings (SSSR count). The molecule has 1 unspecified atom stereocenters. The van der Waals surface area contributed by atoms with Gasteiger partial charge in [-0.1, -0.05) is 0 Å². The van der Waals surface area contributed by atoms with Crippen molar-refractivity contribution in [1.29, 1.82) is 0 Å². The molecule has 0 aliphatic carbocycles. The van der Waals surface area contributed by atoms with E-state index in [1.165, 1.54) is 11.4 Å². The maximum Gasteiger partial charge on any atom is 0.122 e. The fourth-order valence-electron chi connectivity index (χ4n) is 3.90. The Bertz CT molecular complexity index is 658. The van der Waals surface area contributed by atoms with Crippen LogP contribution in [0.5, 0.6) is 0 Å². The molecule has 0 amide bonds. The van der Waals surface area contributed by atoms with Gasteiger partial charge >= 0.3 is 0 Å². The highest BCUT2D eigenvalue weighted by Crippen LogP contribution is 2.34. The lowest BCUT2D eigenvalue weighted by molar-refractivity contribution is 0.0703. The molecule has 1 atom stereocenters. The summed E-state index contributed by atoms with van der Waals surface area (Å²) in [4.78, 5) is 14.0. The minimum atomic E-state index is 0.249. The number of likely N-dealkylation sites (tertiary alicyclic amines) is 1. The van der Waals surface area contributed by atoms with Crippen LogP contribution in [0, 0.1) is 5.41 Å². The summed E-state index contributed by atoms with van der Waals surface area (Å²) in [6.07, 6.45) is 7.00. The summed E-state index contributed by atoms with van der Waals surface area (Å²) < 4.78 is 8.10. The lowest BCUT2D eigenvalue weighted by Gasteiger charge is -2.31. The Hall–Kier alpha value is -1.28. The van der Waals surface area contributed by atoms with Gasteiger partial charge in [0.1, 0.15) is 10.8 Å². The molecular weight excluding hydrogens is 322 g/mol. The van der Waals surface area contributed by atoms with Crippen LogP contribution in [0.15, 0.2) is 24.0 Å². The van der Waals surface area contributed by atoms with Crippen LogP contribution in [0.2, 0.25) is 0 Å². The van der Waals surface area contributed by atoms with Gasteiger partial charge in [-0.2, -0.15) is 0 Å². The Kier molecular flexibility index (Phi) is 4.67. The van der Waals surface area contributed by atoms with Crippen LogP contribution in [0.1, 0.15) is 17.3 Å². The number of rotatable bonds is 4. The van der Waals surface area contributed by atoms with Gasteiger partial charge < -0.3 is 9.30 Å². The summed E-state index contributed by atoms with van der Waals surface area (Å²) in [6, 6.07) is 0. The van der Waals surface area contributed by atoms with Crippen molar-refractivity contribution in [1.82, 2.24) is 24.3 Å². The van der Waals surface area contributed by atoms with Gasteiger partial charge in [0.2, 0.25) is 0 Å². The molecule has 130 valence electrons. The second-order valence-electron chi connectivity index (χ2n) is 7.10. The Labute approximate surface area is 147 Å². The first kappa shape index (κ1) is 16.2. The first-order valence-corrected chi connectivity index (χ1v) is 9.47. The number of ether oxygens (including phenoxy) is 1. The fraction of sp³-hybridized carbons (Fsp3) is 0.647. The Morgan fingerprint density at radius 3 is 2.79 bits per heavy atom. The molecular formula is C17H25N5OS. The van der Waals surface area contributed by atoms with Crippen molar-refractivity contribution in [3.05, 3.63) is 34.8 Å². The molecule has 0 radical (unpaired) electrons. The number of aromatic nitrogens is 3. The molecule has 2 fully saturated rings. The summed E-state index contributed by atoms with van der Waals surface area (Å²) >= 11 is 1.74. The zero-order chi connectivity index (χ0) is 16.4. The van der Waals surface area contributed by atoms with Gasteiger partial charge in [-0.05, 0) is 13.0 Å². The second kappa shape index (κ2) is 6.92. The van der Waals surface area contributed by atoms with Crippen molar-refractivity contribution < 1.29 is 4.74 Å². The molecule has 2 aliphatic rings. The summed E-state index contributed by atoms with van der Waals surface area (Å²) in [5, 5.41) is 3.26. The molecule has 0 saturated carbocycles. The summed E-state index contributed by atoms with van der Waals surface area (Å²) in [5.41, 5.74) is 0.249. The lowest BCUT2D eigenvalue weighted by atomic mass is 9.87. The summed E-state index contributed by atoms with van der Waals surface area (Å²) in [6.45, 7) is 7.89. The maximum atomic E-state index is 5.98. The van der Waals surface area contributed by atoms with Crippen LogP contribution in [0.3, 0.4) is 0 Å². The van der Waals surface area contributed by atoms with Gasteiger partial charge in [-0.15, -0.1) is 11.3 Å². The average molecular weight is 347 g/mol. The lowest BCUT2D eigenvalue weighted by Crippen LogP contribution is -2.40. The third-order valence-electron chi connectivity index (χ3n) is 5.16. The zero-order valence-electron chi connectivity index (χ0n) is 14.2. The molecule has 2 aromatic heterocycles. The van der Waals surface area contributed by atoms with Crippen molar-refractivity contribution in [2.75, 3.05) is 39.4 Å². The van der Waals surface area contributed by atoms with Crippen LogP contribution < -0.4 is 0 Å². The molecule has 4 heterocycles. The zero-order valence-corrected chi connectivity index (χ0v) is 15.0. The van der Waals surface area contributed by atoms with E-state index in [4.69, 9.17) is 4.74 Å². The molecule has 2 saturated heterocycles. The molecule has 0 aromatic carbocycles. The summed E-state index contributed by atoms with van der Waals surface area (Å²) in [5.74, 6) is 1.14. The molecule has 0 N–H and O–H groups in total. The largest absolute Gasteiger partial charge is 0.379 e. The van der Waals surface area contributed by atoms with Gasteiger partial charge in [0.15, 0.2) is 0 Å². The van der Waals surface area contributed by atoms with E-state index in [9.17, 15) is 0 Å². The number of imidazole rings is 1. The maximum absolute atomic E-state index is 5.98. The molecule has 7 heteroatoms. The van der Waals surface area contributed by atoms with E-state index in [1.807, 2.05) is 18.6 Å². The molecule has 24 heavy (non-hydrogen) atoms. The van der Waals surface area contributed by atoms with Gasteiger partial charge in [0, 0.05) is 56.1 Å². The van der Waals surface area contributed by atoms with E-state index in [0.717, 1.165) is 58.3 Å². The van der Waals surface area contributed by atoms with E-state index in [0.29, 0.717) is 0 Å². The van der Waals surface area contributed by atoms with Gasteiger partial charge in [0.25, 0.3) is 0 Å². The number of hydrogen-bond donors (Lipinski definition) is 0. The van der Waals surface area contributed by atoms with Crippen molar-refractivity contribution >= 4 is 11.3 Å². The minimum absolute atomic E-state index is 0.249. The second-order valence-corrected chi connectivity index (χ2v) is 8.08. The SMILES string of the molecule is Cn1ccnc1CN1CCC2(COCCN(Cc3nccs3)C2)C1. The van der Waals surface area contributed by atoms with Crippen LogP contribution in [-0.2, 0) is 24.9 Å². The third kappa shape index (κ3) is 3.54. The Balaban J connectivity index is 1.41. The molecule has 0 bridgehead atoms. The molecule has 1 spiro atoms. The average Bonchev–Trinajstić information content (AvgIpc) is 3.26. The number of hydrogen-bond acceptors (Lipinski definition) is 6. The van der Waals surface area contributed by atoms with Crippen molar-refractivity contribution in [2.24, 2.45) is 12.5 Å². The van der Waals surface area contributed by atoms with Gasteiger partial charge in [-0.3, -0.25) is 9.80 Å². The molecule has 2 aromatic rings. The summed E-state index contributed by atoms with van der Waals surface area (Å²) in [7, 11) is 2.07. The highest BCUT2D eigenvalue weighted by Gasteiger charge is 2.41. The third-order valence-corrected chi connectivity index (χ3v) is 5.93.